The molecule has 1 aliphatic rings. The molecule has 0 spiro atoms. The molecule has 1 amide bonds. The van der Waals surface area contributed by atoms with Crippen LogP contribution in [-0.2, 0) is 11.4 Å². The van der Waals surface area contributed by atoms with E-state index < -0.39 is 23.5 Å². The van der Waals surface area contributed by atoms with E-state index in [-0.39, 0.29) is 11.3 Å². The van der Waals surface area contributed by atoms with E-state index in [9.17, 15) is 14.7 Å². The zero-order valence-electron chi connectivity index (χ0n) is 19.5. The molecule has 2 heterocycles. The lowest BCUT2D eigenvalue weighted by Crippen LogP contribution is -2.36. The number of amides is 1. The molecule has 34 heavy (non-hydrogen) atoms. The summed E-state index contributed by atoms with van der Waals surface area (Å²) in [5, 5.41) is 10.8. The Balaban J connectivity index is 1.68. The third-order valence-corrected chi connectivity index (χ3v) is 5.72. The summed E-state index contributed by atoms with van der Waals surface area (Å²) in [6, 6.07) is 19.6. The normalized spacial score (nSPS) is 15.9. The Kier molecular flexibility index (Phi) is 6.84. The van der Waals surface area contributed by atoms with Gasteiger partial charge in [-0.2, -0.15) is 0 Å². The van der Waals surface area contributed by atoms with E-state index in [2.05, 4.69) is 0 Å². The van der Waals surface area contributed by atoms with Gasteiger partial charge < -0.3 is 24.1 Å². The first-order valence-electron chi connectivity index (χ1n) is 11.1. The minimum Gasteiger partial charge on any atom is -0.503 e. The quantitative estimate of drug-likeness (QED) is 0.479. The van der Waals surface area contributed by atoms with Gasteiger partial charge in [0.05, 0.1) is 11.6 Å². The first-order valence-corrected chi connectivity index (χ1v) is 11.1. The molecule has 0 bridgehead atoms. The lowest BCUT2D eigenvalue weighted by molar-refractivity contribution is -0.129. The number of Topliss-reactive ketones (excluding diaryl/α,β-unsaturated/α-hetero) is 1. The number of furan rings is 1. The summed E-state index contributed by atoms with van der Waals surface area (Å²) in [5.74, 6) is -0.360. The molecule has 0 saturated carbocycles. The Labute approximate surface area is 198 Å². The van der Waals surface area contributed by atoms with Gasteiger partial charge in [0.2, 0.25) is 5.78 Å². The third kappa shape index (κ3) is 4.89. The monoisotopic (exact) mass is 460 g/mol. The Hall–Kier alpha value is -3.84. The topological polar surface area (TPSA) is 83.2 Å². The zero-order valence-corrected chi connectivity index (χ0v) is 19.5. The van der Waals surface area contributed by atoms with Crippen molar-refractivity contribution in [1.82, 2.24) is 9.80 Å². The number of ether oxygens (including phenoxy) is 1. The number of hydrogen-bond acceptors (Lipinski definition) is 6. The largest absolute Gasteiger partial charge is 0.503 e. The molecule has 1 N–H and O–H groups in total. The number of benzene rings is 2. The number of ketones is 1. The van der Waals surface area contributed by atoms with Crippen molar-refractivity contribution in [3.8, 4) is 5.75 Å². The summed E-state index contributed by atoms with van der Waals surface area (Å²) in [5.41, 5.74) is 1.71. The van der Waals surface area contributed by atoms with Crippen LogP contribution in [0.3, 0.4) is 0 Å². The molecule has 1 aliphatic heterocycles. The predicted octanol–water partition coefficient (Wildman–Crippen LogP) is 4.31. The lowest BCUT2D eigenvalue weighted by atomic mass is 9.95. The number of rotatable bonds is 9. The van der Waals surface area contributed by atoms with Crippen molar-refractivity contribution in [2.24, 2.45) is 0 Å². The molecule has 0 unspecified atom stereocenters. The molecule has 0 fully saturated rings. The van der Waals surface area contributed by atoms with Crippen LogP contribution >= 0.6 is 0 Å². The molecular formula is C27H28N2O5. The van der Waals surface area contributed by atoms with Crippen LogP contribution in [0.4, 0.5) is 0 Å². The number of aliphatic hydroxyl groups is 1. The van der Waals surface area contributed by atoms with E-state index in [1.54, 1.807) is 19.1 Å². The van der Waals surface area contributed by atoms with Gasteiger partial charge in [-0.05, 0) is 56.4 Å². The van der Waals surface area contributed by atoms with E-state index in [0.717, 1.165) is 5.56 Å². The van der Waals surface area contributed by atoms with E-state index in [0.29, 0.717) is 36.8 Å². The number of carbonyl (C=O) groups excluding carboxylic acids is 2. The third-order valence-electron chi connectivity index (χ3n) is 5.72. The average Bonchev–Trinajstić information content (AvgIpc) is 3.38. The molecule has 3 aromatic rings. The number of carbonyl (C=O) groups is 2. The highest BCUT2D eigenvalue weighted by Gasteiger charge is 2.44. The maximum atomic E-state index is 13.3. The fourth-order valence-corrected chi connectivity index (χ4v) is 3.98. The Morgan fingerprint density at radius 2 is 1.85 bits per heavy atom. The molecule has 0 saturated heterocycles. The second kappa shape index (κ2) is 9.97. The number of nitrogens with zero attached hydrogens (tertiary/aromatic N) is 2. The van der Waals surface area contributed by atoms with Crippen LogP contribution in [0.2, 0.25) is 0 Å². The molecule has 1 aromatic heterocycles. The summed E-state index contributed by atoms with van der Waals surface area (Å²) >= 11 is 0. The van der Waals surface area contributed by atoms with Crippen LogP contribution in [0.15, 0.2) is 82.5 Å². The van der Waals surface area contributed by atoms with Crippen LogP contribution in [0.25, 0.3) is 0 Å². The van der Waals surface area contributed by atoms with Crippen LogP contribution in [0.1, 0.15) is 33.5 Å². The maximum absolute atomic E-state index is 13.3. The summed E-state index contributed by atoms with van der Waals surface area (Å²) in [7, 11) is 3.80. The van der Waals surface area contributed by atoms with Crippen LogP contribution in [-0.4, -0.2) is 53.8 Å². The van der Waals surface area contributed by atoms with Gasteiger partial charge >= 0.3 is 0 Å². The van der Waals surface area contributed by atoms with Gasteiger partial charge in [-0.15, -0.1) is 0 Å². The minimum atomic E-state index is -0.759. The number of hydrogen-bond donors (Lipinski definition) is 1. The lowest BCUT2D eigenvalue weighted by Gasteiger charge is -2.28. The van der Waals surface area contributed by atoms with Crippen molar-refractivity contribution in [2.75, 3.05) is 27.2 Å². The van der Waals surface area contributed by atoms with Crippen LogP contribution in [0.5, 0.6) is 5.75 Å². The maximum Gasteiger partial charge on any atom is 0.290 e. The number of aryl methyl sites for hydroxylation is 1. The van der Waals surface area contributed by atoms with Gasteiger partial charge in [-0.3, -0.25) is 9.59 Å². The van der Waals surface area contributed by atoms with Gasteiger partial charge in [-0.25, -0.2) is 0 Å². The molecule has 0 aliphatic carbocycles. The molecular weight excluding hydrogens is 432 g/mol. The van der Waals surface area contributed by atoms with E-state index in [1.807, 2.05) is 73.6 Å². The smallest absolute Gasteiger partial charge is 0.290 e. The summed E-state index contributed by atoms with van der Waals surface area (Å²) in [6.45, 7) is 3.03. The van der Waals surface area contributed by atoms with Gasteiger partial charge in [-0.1, -0.05) is 42.5 Å². The van der Waals surface area contributed by atoms with Gasteiger partial charge in [0.1, 0.15) is 18.1 Å². The minimum absolute atomic E-state index is 0.0123. The van der Waals surface area contributed by atoms with Gasteiger partial charge in [0, 0.05) is 13.1 Å². The van der Waals surface area contributed by atoms with Crippen molar-refractivity contribution >= 4 is 11.7 Å². The Morgan fingerprint density at radius 3 is 2.53 bits per heavy atom. The fourth-order valence-electron chi connectivity index (χ4n) is 3.98. The molecule has 7 heteroatoms. The molecule has 176 valence electrons. The first kappa shape index (κ1) is 23.3. The molecule has 4 rings (SSSR count). The fraction of sp³-hybridized carbons (Fsp3) is 0.259. The predicted molar refractivity (Wildman–Crippen MR) is 128 cm³/mol. The number of aliphatic hydroxyl groups excluding tert-OH is 1. The summed E-state index contributed by atoms with van der Waals surface area (Å²) in [6.07, 6.45) is 0. The number of likely N-dealkylation sites (N-methyl/N-ethyl adjacent to an activating group) is 1. The highest BCUT2D eigenvalue weighted by molar-refractivity contribution is 6.15. The van der Waals surface area contributed by atoms with Crippen molar-refractivity contribution in [3.63, 3.8) is 0 Å². The molecule has 2 aromatic carbocycles. The molecule has 1 atom stereocenters. The Bertz CT molecular complexity index is 1210. The highest BCUT2D eigenvalue weighted by Crippen LogP contribution is 2.40. The zero-order chi connectivity index (χ0) is 24.2. The van der Waals surface area contributed by atoms with Crippen LogP contribution < -0.4 is 4.74 Å². The molecule has 0 radical (unpaired) electrons. The summed E-state index contributed by atoms with van der Waals surface area (Å²) < 4.78 is 11.5. The van der Waals surface area contributed by atoms with Crippen molar-refractivity contribution in [3.05, 3.63) is 101 Å². The average molecular weight is 461 g/mol. The summed E-state index contributed by atoms with van der Waals surface area (Å²) in [4.78, 5) is 29.8. The van der Waals surface area contributed by atoms with Crippen molar-refractivity contribution < 1.29 is 23.8 Å². The highest BCUT2D eigenvalue weighted by atomic mass is 16.5. The second-order valence-electron chi connectivity index (χ2n) is 8.55. The van der Waals surface area contributed by atoms with Gasteiger partial charge in [0.15, 0.2) is 11.5 Å². The van der Waals surface area contributed by atoms with Crippen molar-refractivity contribution in [1.29, 1.82) is 0 Å². The molecule has 7 nitrogen and oxygen atoms in total. The second-order valence-corrected chi connectivity index (χ2v) is 8.55. The van der Waals surface area contributed by atoms with E-state index in [1.165, 1.54) is 4.90 Å². The van der Waals surface area contributed by atoms with Crippen LogP contribution in [0, 0.1) is 6.92 Å². The van der Waals surface area contributed by atoms with E-state index >= 15 is 0 Å². The first-order chi connectivity index (χ1) is 16.3. The SMILES string of the molecule is Cc1ccc(C(=O)C2=C(O)C(=O)N(CCN(C)C)[C@H]2c2cccc(OCc3ccccc3)c2)o1. The van der Waals surface area contributed by atoms with Gasteiger partial charge in [0.25, 0.3) is 5.91 Å². The van der Waals surface area contributed by atoms with E-state index in [4.69, 9.17) is 9.15 Å². The standard InChI is InChI=1S/C27H28N2O5/c1-18-12-13-22(34-18)25(30)23-24(29(15-14-28(2)3)27(32)26(23)31)20-10-7-11-21(16-20)33-17-19-8-5-4-6-9-19/h4-13,16,24,31H,14-15,17H2,1-3H3/t24-/m0/s1. The van der Waals surface area contributed by atoms with Crippen molar-refractivity contribution in [2.45, 2.75) is 19.6 Å². The Morgan fingerprint density at radius 1 is 1.09 bits per heavy atom.